The van der Waals surface area contributed by atoms with Crippen LogP contribution in [-0.4, -0.2) is 26.9 Å². The summed E-state index contributed by atoms with van der Waals surface area (Å²) < 4.78 is 1.38. The van der Waals surface area contributed by atoms with Crippen molar-refractivity contribution in [3.63, 3.8) is 0 Å². The van der Waals surface area contributed by atoms with Gasteiger partial charge in [-0.3, -0.25) is 4.79 Å². The number of aromatic nitrogens is 1. The number of hydrogen-bond donors (Lipinski definition) is 2. The van der Waals surface area contributed by atoms with E-state index >= 15 is 0 Å². The maximum atomic E-state index is 11.9. The van der Waals surface area contributed by atoms with E-state index in [1.54, 1.807) is 31.2 Å². The van der Waals surface area contributed by atoms with E-state index in [1.807, 2.05) is 0 Å². The maximum Gasteiger partial charge on any atom is 0.336 e. The second kappa shape index (κ2) is 4.62. The van der Waals surface area contributed by atoms with Crippen LogP contribution < -0.4 is 5.56 Å². The van der Waals surface area contributed by atoms with Gasteiger partial charge in [0.05, 0.1) is 23.7 Å². The minimum atomic E-state index is -1.13. The van der Waals surface area contributed by atoms with Crippen molar-refractivity contribution in [2.24, 2.45) is 0 Å². The number of carbonyl (C=O) groups is 1. The molecule has 0 saturated heterocycles. The summed E-state index contributed by atoms with van der Waals surface area (Å²) in [5.41, 5.74) is 0.0766. The molecule has 1 unspecified atom stereocenters. The first-order valence-electron chi connectivity index (χ1n) is 5.54. The molecule has 0 radical (unpaired) electrons. The van der Waals surface area contributed by atoms with Gasteiger partial charge in [-0.05, 0) is 13.0 Å². The quantitative estimate of drug-likeness (QED) is 0.850. The largest absolute Gasteiger partial charge is 0.478 e. The molecule has 2 rings (SSSR count). The maximum absolute atomic E-state index is 11.9. The first-order valence-corrected chi connectivity index (χ1v) is 5.54. The van der Waals surface area contributed by atoms with Gasteiger partial charge in [-0.1, -0.05) is 18.2 Å². The summed E-state index contributed by atoms with van der Waals surface area (Å²) in [6.45, 7) is 1.71. The lowest BCUT2D eigenvalue weighted by Crippen LogP contribution is -2.26. The summed E-state index contributed by atoms with van der Waals surface area (Å²) in [6.07, 6.45) is -0.679. The van der Waals surface area contributed by atoms with Crippen molar-refractivity contribution in [3.05, 3.63) is 46.2 Å². The Morgan fingerprint density at radius 3 is 2.67 bits per heavy atom. The Morgan fingerprint density at radius 1 is 1.39 bits per heavy atom. The molecule has 94 valence electrons. The van der Waals surface area contributed by atoms with Crippen LogP contribution in [0.2, 0.25) is 0 Å². The standard InChI is InChI=1S/C13H13NO4/c1-8(15)7-14-11-5-3-2-4-9(11)10(13(17)18)6-12(14)16/h2-6,8,15H,7H2,1H3,(H,17,18). The topological polar surface area (TPSA) is 79.5 Å². The minimum Gasteiger partial charge on any atom is -0.478 e. The van der Waals surface area contributed by atoms with Crippen LogP contribution in [0.3, 0.4) is 0 Å². The molecule has 1 aromatic heterocycles. The van der Waals surface area contributed by atoms with Crippen molar-refractivity contribution in [2.45, 2.75) is 19.6 Å². The number of aliphatic hydroxyl groups excluding tert-OH is 1. The van der Waals surface area contributed by atoms with Gasteiger partial charge in [-0.25, -0.2) is 4.79 Å². The van der Waals surface area contributed by atoms with E-state index < -0.39 is 17.6 Å². The van der Waals surface area contributed by atoms with Gasteiger partial charge in [0.25, 0.3) is 5.56 Å². The highest BCUT2D eigenvalue weighted by Gasteiger charge is 2.14. The van der Waals surface area contributed by atoms with E-state index in [9.17, 15) is 14.7 Å². The van der Waals surface area contributed by atoms with E-state index in [0.717, 1.165) is 6.07 Å². The van der Waals surface area contributed by atoms with Crippen LogP contribution >= 0.6 is 0 Å². The lowest BCUT2D eigenvalue weighted by Gasteiger charge is -2.13. The number of carboxylic acids is 1. The molecule has 0 aliphatic carbocycles. The molecule has 2 N–H and O–H groups in total. The number of aliphatic hydroxyl groups is 1. The van der Waals surface area contributed by atoms with Crippen molar-refractivity contribution in [2.75, 3.05) is 0 Å². The number of hydrogen-bond acceptors (Lipinski definition) is 3. The van der Waals surface area contributed by atoms with Crippen LogP contribution in [0, 0.1) is 0 Å². The molecule has 0 aliphatic rings. The molecule has 1 heterocycles. The molecule has 0 aliphatic heterocycles. The molecule has 1 aromatic carbocycles. The summed E-state index contributed by atoms with van der Waals surface area (Å²) in [7, 11) is 0. The number of pyridine rings is 1. The Labute approximate surface area is 103 Å². The molecule has 5 nitrogen and oxygen atoms in total. The summed E-state index contributed by atoms with van der Waals surface area (Å²) in [5, 5.41) is 19.0. The molecule has 5 heteroatoms. The zero-order valence-corrected chi connectivity index (χ0v) is 9.83. The van der Waals surface area contributed by atoms with Crippen molar-refractivity contribution in [3.8, 4) is 0 Å². The number of fused-ring (bicyclic) bond motifs is 1. The Bertz CT molecular complexity index is 658. The minimum absolute atomic E-state index is 0.0163. The van der Waals surface area contributed by atoms with Gasteiger partial charge >= 0.3 is 5.97 Å². The van der Waals surface area contributed by atoms with Crippen molar-refractivity contribution < 1.29 is 15.0 Å². The fraction of sp³-hybridized carbons (Fsp3) is 0.231. The molecule has 18 heavy (non-hydrogen) atoms. The first-order chi connectivity index (χ1) is 8.50. The third-order valence-electron chi connectivity index (χ3n) is 2.70. The average molecular weight is 247 g/mol. The summed E-state index contributed by atoms with van der Waals surface area (Å²) in [4.78, 5) is 23.0. The smallest absolute Gasteiger partial charge is 0.336 e. The lowest BCUT2D eigenvalue weighted by atomic mass is 10.1. The van der Waals surface area contributed by atoms with Gasteiger partial charge in [0.1, 0.15) is 0 Å². The van der Waals surface area contributed by atoms with E-state index in [-0.39, 0.29) is 12.1 Å². The van der Waals surface area contributed by atoms with Crippen LogP contribution in [0.5, 0.6) is 0 Å². The van der Waals surface area contributed by atoms with Gasteiger partial charge < -0.3 is 14.8 Å². The van der Waals surface area contributed by atoms with Crippen LogP contribution in [0.1, 0.15) is 17.3 Å². The third kappa shape index (κ3) is 2.12. The Kier molecular flexibility index (Phi) is 3.16. The first kappa shape index (κ1) is 12.3. The second-order valence-electron chi connectivity index (χ2n) is 4.18. The van der Waals surface area contributed by atoms with Crippen LogP contribution in [-0.2, 0) is 6.54 Å². The molecule has 1 atom stereocenters. The molecule has 0 fully saturated rings. The number of nitrogens with zero attached hydrogens (tertiary/aromatic N) is 1. The van der Waals surface area contributed by atoms with E-state index in [2.05, 4.69) is 0 Å². The Hall–Kier alpha value is -2.14. The van der Waals surface area contributed by atoms with Crippen LogP contribution in [0.15, 0.2) is 35.1 Å². The zero-order chi connectivity index (χ0) is 13.3. The number of para-hydroxylation sites is 1. The number of aromatic carboxylic acids is 1. The van der Waals surface area contributed by atoms with Gasteiger partial charge in [0.2, 0.25) is 0 Å². The van der Waals surface area contributed by atoms with Gasteiger partial charge in [-0.15, -0.1) is 0 Å². The monoisotopic (exact) mass is 247 g/mol. The lowest BCUT2D eigenvalue weighted by molar-refractivity contribution is 0.0698. The highest BCUT2D eigenvalue weighted by atomic mass is 16.4. The van der Waals surface area contributed by atoms with Crippen molar-refractivity contribution in [1.29, 1.82) is 0 Å². The Balaban J connectivity index is 2.81. The molecule has 0 saturated carbocycles. The predicted octanol–water partition coefficient (Wildman–Crippen LogP) is 1.08. The van der Waals surface area contributed by atoms with Crippen LogP contribution in [0.25, 0.3) is 10.9 Å². The molecule has 0 amide bonds. The van der Waals surface area contributed by atoms with Gasteiger partial charge in [0.15, 0.2) is 0 Å². The summed E-state index contributed by atoms with van der Waals surface area (Å²) >= 11 is 0. The van der Waals surface area contributed by atoms with Crippen molar-refractivity contribution in [1.82, 2.24) is 4.57 Å². The highest BCUT2D eigenvalue weighted by Crippen LogP contribution is 2.17. The number of benzene rings is 1. The van der Waals surface area contributed by atoms with E-state index in [1.165, 1.54) is 4.57 Å². The van der Waals surface area contributed by atoms with Gasteiger partial charge in [0, 0.05) is 11.5 Å². The van der Waals surface area contributed by atoms with Crippen LogP contribution in [0.4, 0.5) is 0 Å². The van der Waals surface area contributed by atoms with E-state index in [4.69, 9.17) is 5.11 Å². The third-order valence-corrected chi connectivity index (χ3v) is 2.70. The Morgan fingerprint density at radius 2 is 2.06 bits per heavy atom. The fourth-order valence-electron chi connectivity index (χ4n) is 1.96. The number of carboxylic acid groups (broad SMARTS) is 1. The average Bonchev–Trinajstić information content (AvgIpc) is 2.31. The molecular weight excluding hydrogens is 234 g/mol. The SMILES string of the molecule is CC(O)Cn1c(=O)cc(C(=O)O)c2ccccc21. The molecule has 0 bridgehead atoms. The summed E-state index contributed by atoms with van der Waals surface area (Å²) in [5.74, 6) is -1.13. The summed E-state index contributed by atoms with van der Waals surface area (Å²) in [6, 6.07) is 7.85. The fourth-order valence-corrected chi connectivity index (χ4v) is 1.96. The number of rotatable bonds is 3. The molecule has 0 spiro atoms. The second-order valence-corrected chi connectivity index (χ2v) is 4.18. The highest BCUT2D eigenvalue weighted by molar-refractivity contribution is 6.02. The molecule has 2 aromatic rings. The molecular formula is C13H13NO4. The normalized spacial score (nSPS) is 12.6. The zero-order valence-electron chi connectivity index (χ0n) is 9.83. The van der Waals surface area contributed by atoms with Crippen molar-refractivity contribution >= 4 is 16.9 Å². The van der Waals surface area contributed by atoms with Gasteiger partial charge in [-0.2, -0.15) is 0 Å². The van der Waals surface area contributed by atoms with E-state index in [0.29, 0.717) is 10.9 Å². The predicted molar refractivity (Wildman–Crippen MR) is 66.8 cm³/mol.